The molecule has 1 atom stereocenters. The number of ether oxygens (including phenoxy) is 2. The zero-order chi connectivity index (χ0) is 20.3. The van der Waals surface area contributed by atoms with E-state index in [1.807, 2.05) is 0 Å². The van der Waals surface area contributed by atoms with Crippen LogP contribution in [0.2, 0.25) is 0 Å². The SMILES string of the molecule is CC(C)C(C)O[C@H]1C[C@H](OC2CCC(NC3CCN(C(C)(C)C)CC3)CC2)C1. The number of hydrogen-bond acceptors (Lipinski definition) is 4. The summed E-state index contributed by atoms with van der Waals surface area (Å²) < 4.78 is 12.5. The fourth-order valence-corrected chi connectivity index (χ4v) is 4.89. The van der Waals surface area contributed by atoms with Crippen molar-refractivity contribution in [2.75, 3.05) is 13.1 Å². The third-order valence-corrected chi connectivity index (χ3v) is 7.37. The van der Waals surface area contributed by atoms with Gasteiger partial charge >= 0.3 is 0 Å². The Kier molecular flexibility index (Phi) is 7.86. The molecule has 0 radical (unpaired) electrons. The van der Waals surface area contributed by atoms with Crippen LogP contribution in [-0.4, -0.2) is 60.0 Å². The molecule has 0 aromatic rings. The van der Waals surface area contributed by atoms with Crippen molar-refractivity contribution < 1.29 is 9.47 Å². The zero-order valence-corrected chi connectivity index (χ0v) is 19.4. The summed E-state index contributed by atoms with van der Waals surface area (Å²) in [6.45, 7) is 16.1. The first kappa shape index (κ1) is 22.5. The van der Waals surface area contributed by atoms with Gasteiger partial charge in [0.1, 0.15) is 0 Å². The first-order valence-electron chi connectivity index (χ1n) is 12.0. The normalized spacial score (nSPS) is 34.4. The van der Waals surface area contributed by atoms with Gasteiger partial charge in [0.15, 0.2) is 0 Å². The number of hydrogen-bond donors (Lipinski definition) is 1. The molecule has 1 N–H and O–H groups in total. The lowest BCUT2D eigenvalue weighted by Crippen LogP contribution is -2.52. The van der Waals surface area contributed by atoms with Crippen molar-refractivity contribution in [2.45, 2.75) is 135 Å². The lowest BCUT2D eigenvalue weighted by atomic mass is 9.88. The van der Waals surface area contributed by atoms with E-state index in [2.05, 4.69) is 51.8 Å². The molecule has 3 rings (SSSR count). The predicted octanol–water partition coefficient (Wildman–Crippen LogP) is 4.76. The highest BCUT2D eigenvalue weighted by atomic mass is 16.5. The highest BCUT2D eigenvalue weighted by Gasteiger charge is 2.35. The second kappa shape index (κ2) is 9.76. The van der Waals surface area contributed by atoms with E-state index in [1.165, 1.54) is 51.6 Å². The highest BCUT2D eigenvalue weighted by molar-refractivity contribution is 4.89. The molecule has 1 heterocycles. The third kappa shape index (κ3) is 6.42. The van der Waals surface area contributed by atoms with Gasteiger partial charge in [-0.3, -0.25) is 4.90 Å². The fraction of sp³-hybridized carbons (Fsp3) is 1.00. The van der Waals surface area contributed by atoms with Gasteiger partial charge in [-0.2, -0.15) is 0 Å². The van der Waals surface area contributed by atoms with E-state index in [1.54, 1.807) is 0 Å². The molecule has 1 aliphatic heterocycles. The quantitative estimate of drug-likeness (QED) is 0.675. The number of rotatable bonds is 7. The van der Waals surface area contributed by atoms with Crippen molar-refractivity contribution in [3.63, 3.8) is 0 Å². The van der Waals surface area contributed by atoms with Crippen LogP contribution in [0.25, 0.3) is 0 Å². The summed E-state index contributed by atoms with van der Waals surface area (Å²) in [6.07, 6.45) is 11.5. The Balaban J connectivity index is 1.27. The molecule has 0 aromatic heterocycles. The van der Waals surface area contributed by atoms with Crippen LogP contribution in [-0.2, 0) is 9.47 Å². The lowest BCUT2D eigenvalue weighted by molar-refractivity contribution is -0.152. The minimum atomic E-state index is 0.318. The Morgan fingerprint density at radius 1 is 0.786 bits per heavy atom. The van der Waals surface area contributed by atoms with E-state index in [0.717, 1.165) is 12.8 Å². The number of nitrogens with one attached hydrogen (secondary N) is 1. The highest BCUT2D eigenvalue weighted by Crippen LogP contribution is 2.33. The summed E-state index contributed by atoms with van der Waals surface area (Å²) in [6, 6.07) is 1.42. The fourth-order valence-electron chi connectivity index (χ4n) is 4.89. The van der Waals surface area contributed by atoms with Crippen LogP contribution in [0, 0.1) is 5.92 Å². The molecule has 164 valence electrons. The van der Waals surface area contributed by atoms with Gasteiger partial charge in [-0.05, 0) is 85.0 Å². The molecule has 1 unspecified atom stereocenters. The lowest BCUT2D eigenvalue weighted by Gasteiger charge is -2.43. The molecule has 28 heavy (non-hydrogen) atoms. The monoisotopic (exact) mass is 394 g/mol. The molecule has 3 fully saturated rings. The Morgan fingerprint density at radius 2 is 1.36 bits per heavy atom. The van der Waals surface area contributed by atoms with Crippen molar-refractivity contribution in [3.05, 3.63) is 0 Å². The standard InChI is InChI=1S/C24H46N2O2/c1-17(2)18(3)27-22-15-23(16-22)28-21-9-7-19(8-10-21)25-20-11-13-26(14-12-20)24(4,5)6/h17-23,25H,7-16H2,1-6H3/t18?,19?,21?,22-,23-. The molecule has 2 saturated carbocycles. The summed E-state index contributed by atoms with van der Waals surface area (Å²) in [5, 5.41) is 3.97. The van der Waals surface area contributed by atoms with Gasteiger partial charge < -0.3 is 14.8 Å². The summed E-state index contributed by atoms with van der Waals surface area (Å²) in [5.41, 5.74) is 0.318. The second-order valence-corrected chi connectivity index (χ2v) is 11.0. The molecule has 0 spiro atoms. The molecule has 0 aromatic carbocycles. The van der Waals surface area contributed by atoms with E-state index >= 15 is 0 Å². The molecule has 3 aliphatic rings. The van der Waals surface area contributed by atoms with Crippen LogP contribution >= 0.6 is 0 Å². The van der Waals surface area contributed by atoms with Crippen molar-refractivity contribution in [1.29, 1.82) is 0 Å². The van der Waals surface area contributed by atoms with E-state index in [-0.39, 0.29) is 0 Å². The zero-order valence-electron chi connectivity index (χ0n) is 19.4. The maximum absolute atomic E-state index is 6.37. The van der Waals surface area contributed by atoms with Crippen molar-refractivity contribution in [2.24, 2.45) is 5.92 Å². The maximum Gasteiger partial charge on any atom is 0.0628 e. The first-order valence-corrected chi connectivity index (χ1v) is 12.0. The van der Waals surface area contributed by atoms with E-state index < -0.39 is 0 Å². The third-order valence-electron chi connectivity index (χ3n) is 7.37. The van der Waals surface area contributed by atoms with Crippen molar-refractivity contribution in [1.82, 2.24) is 10.2 Å². The molecule has 0 amide bonds. The smallest absolute Gasteiger partial charge is 0.0628 e. The Bertz CT molecular complexity index is 454. The van der Waals surface area contributed by atoms with Crippen LogP contribution in [0.4, 0.5) is 0 Å². The van der Waals surface area contributed by atoms with Crippen molar-refractivity contribution >= 4 is 0 Å². The minimum absolute atomic E-state index is 0.318. The summed E-state index contributed by atoms with van der Waals surface area (Å²) in [7, 11) is 0. The van der Waals surface area contributed by atoms with Crippen LogP contribution < -0.4 is 5.32 Å². The summed E-state index contributed by atoms with van der Waals surface area (Å²) in [5.74, 6) is 0.600. The Hall–Kier alpha value is -0.160. The van der Waals surface area contributed by atoms with Gasteiger partial charge in [-0.15, -0.1) is 0 Å². The Morgan fingerprint density at radius 3 is 1.89 bits per heavy atom. The van der Waals surface area contributed by atoms with Crippen LogP contribution in [0.1, 0.15) is 92.9 Å². The average Bonchev–Trinajstić information content (AvgIpc) is 2.61. The molecular weight excluding hydrogens is 348 g/mol. The molecule has 4 heteroatoms. The average molecular weight is 395 g/mol. The molecule has 1 saturated heterocycles. The van der Waals surface area contributed by atoms with Gasteiger partial charge in [-0.25, -0.2) is 0 Å². The van der Waals surface area contributed by atoms with E-state index in [4.69, 9.17) is 9.47 Å². The van der Waals surface area contributed by atoms with Gasteiger partial charge in [0.05, 0.1) is 24.4 Å². The minimum Gasteiger partial charge on any atom is -0.375 e. The van der Waals surface area contributed by atoms with E-state index in [0.29, 0.717) is 48.0 Å². The molecule has 4 nitrogen and oxygen atoms in total. The van der Waals surface area contributed by atoms with Gasteiger partial charge in [0.2, 0.25) is 0 Å². The van der Waals surface area contributed by atoms with E-state index in [9.17, 15) is 0 Å². The number of piperidine rings is 1. The maximum atomic E-state index is 6.37. The second-order valence-electron chi connectivity index (χ2n) is 11.0. The van der Waals surface area contributed by atoms with Gasteiger partial charge in [0, 0.05) is 30.7 Å². The number of nitrogens with zero attached hydrogens (tertiary/aromatic N) is 1. The van der Waals surface area contributed by atoms with Gasteiger partial charge in [-0.1, -0.05) is 13.8 Å². The van der Waals surface area contributed by atoms with Crippen LogP contribution in [0.3, 0.4) is 0 Å². The number of likely N-dealkylation sites (tertiary alicyclic amines) is 1. The first-order chi connectivity index (χ1) is 13.2. The van der Waals surface area contributed by atoms with Crippen LogP contribution in [0.15, 0.2) is 0 Å². The predicted molar refractivity (Wildman–Crippen MR) is 117 cm³/mol. The topological polar surface area (TPSA) is 33.7 Å². The van der Waals surface area contributed by atoms with Crippen molar-refractivity contribution in [3.8, 4) is 0 Å². The molecule has 2 aliphatic carbocycles. The largest absolute Gasteiger partial charge is 0.375 e. The summed E-state index contributed by atoms with van der Waals surface area (Å²) >= 11 is 0. The molecule has 0 bridgehead atoms. The van der Waals surface area contributed by atoms with Crippen LogP contribution in [0.5, 0.6) is 0 Å². The summed E-state index contributed by atoms with van der Waals surface area (Å²) in [4.78, 5) is 2.63. The molecular formula is C24H46N2O2. The van der Waals surface area contributed by atoms with Gasteiger partial charge in [0.25, 0.3) is 0 Å². The Labute approximate surface area is 174 Å².